The van der Waals surface area contributed by atoms with Crippen molar-refractivity contribution in [2.45, 2.75) is 37.4 Å². The van der Waals surface area contributed by atoms with E-state index in [-0.39, 0.29) is 22.2 Å². The Bertz CT molecular complexity index is 412. The van der Waals surface area contributed by atoms with Crippen LogP contribution in [-0.4, -0.2) is 17.8 Å². The van der Waals surface area contributed by atoms with Gasteiger partial charge < -0.3 is 10.5 Å². The maximum atomic E-state index is 12.0. The molecule has 1 aromatic rings. The molecule has 0 radical (unpaired) electrons. The van der Waals surface area contributed by atoms with Gasteiger partial charge in [0.25, 0.3) is 0 Å². The van der Waals surface area contributed by atoms with E-state index in [1.807, 2.05) is 13.8 Å². The molecule has 1 amide bonds. The number of hydrogen-bond donors (Lipinski definition) is 1. The van der Waals surface area contributed by atoms with Gasteiger partial charge in [0.05, 0.1) is 5.25 Å². The van der Waals surface area contributed by atoms with Crippen LogP contribution >= 0.6 is 11.8 Å². The fourth-order valence-electron chi connectivity index (χ4n) is 1.61. The van der Waals surface area contributed by atoms with E-state index in [0.717, 1.165) is 5.56 Å². The second-order valence-corrected chi connectivity index (χ2v) is 5.57. The van der Waals surface area contributed by atoms with Gasteiger partial charge in [-0.1, -0.05) is 19.1 Å². The maximum absolute atomic E-state index is 12.0. The molecule has 6 heteroatoms. The highest BCUT2D eigenvalue weighted by atomic mass is 32.2. The predicted octanol–water partition coefficient (Wildman–Crippen LogP) is 3.35. The Hall–Kier alpha value is -1.30. The largest absolute Gasteiger partial charge is 0.435 e. The van der Waals surface area contributed by atoms with Crippen molar-refractivity contribution in [3.05, 3.63) is 29.8 Å². The van der Waals surface area contributed by atoms with E-state index < -0.39 is 6.61 Å². The quantitative estimate of drug-likeness (QED) is 0.837. The van der Waals surface area contributed by atoms with E-state index in [2.05, 4.69) is 4.74 Å². The number of carbonyl (C=O) groups excluding carboxylic acids is 1. The Morgan fingerprint density at radius 3 is 2.37 bits per heavy atom. The number of alkyl halides is 2. The van der Waals surface area contributed by atoms with Crippen molar-refractivity contribution >= 4 is 17.7 Å². The van der Waals surface area contributed by atoms with E-state index in [9.17, 15) is 13.6 Å². The first-order chi connectivity index (χ1) is 8.93. The number of amides is 1. The first-order valence-electron chi connectivity index (χ1n) is 5.93. The molecule has 19 heavy (non-hydrogen) atoms. The van der Waals surface area contributed by atoms with Crippen LogP contribution in [0.5, 0.6) is 5.75 Å². The average Bonchev–Trinajstić information content (AvgIpc) is 2.35. The summed E-state index contributed by atoms with van der Waals surface area (Å²) < 4.78 is 28.3. The molecule has 0 heterocycles. The fourth-order valence-corrected chi connectivity index (χ4v) is 2.74. The van der Waals surface area contributed by atoms with Crippen LogP contribution in [0, 0.1) is 0 Å². The lowest BCUT2D eigenvalue weighted by Gasteiger charge is -2.17. The van der Waals surface area contributed by atoms with Crippen LogP contribution in [0.25, 0.3) is 0 Å². The van der Waals surface area contributed by atoms with Crippen LogP contribution in [0.2, 0.25) is 0 Å². The second-order valence-electron chi connectivity index (χ2n) is 4.03. The third-order valence-corrected chi connectivity index (χ3v) is 4.21. The van der Waals surface area contributed by atoms with Crippen LogP contribution in [0.3, 0.4) is 0 Å². The summed E-state index contributed by atoms with van der Waals surface area (Å²) in [7, 11) is 0. The molecule has 1 rings (SSSR count). The summed E-state index contributed by atoms with van der Waals surface area (Å²) in [5.41, 5.74) is 6.23. The van der Waals surface area contributed by atoms with E-state index >= 15 is 0 Å². The molecule has 0 aliphatic rings. The lowest BCUT2D eigenvalue weighted by atomic mass is 10.1. The van der Waals surface area contributed by atoms with Crippen LogP contribution in [0.4, 0.5) is 8.78 Å². The first kappa shape index (κ1) is 15.8. The molecule has 2 atom stereocenters. The Labute approximate surface area is 115 Å². The van der Waals surface area contributed by atoms with Gasteiger partial charge in [0.1, 0.15) is 5.75 Å². The number of thioether (sulfide) groups is 1. The topological polar surface area (TPSA) is 52.3 Å². The number of hydrogen-bond acceptors (Lipinski definition) is 3. The molecule has 106 valence electrons. The highest BCUT2D eigenvalue weighted by molar-refractivity contribution is 8.00. The van der Waals surface area contributed by atoms with Crippen molar-refractivity contribution in [1.82, 2.24) is 0 Å². The highest BCUT2D eigenvalue weighted by Crippen LogP contribution is 2.33. The lowest BCUT2D eigenvalue weighted by Crippen LogP contribution is -2.25. The van der Waals surface area contributed by atoms with Gasteiger partial charge in [0.2, 0.25) is 5.91 Å². The van der Waals surface area contributed by atoms with Crippen LogP contribution in [0.1, 0.15) is 31.1 Å². The van der Waals surface area contributed by atoms with Crippen molar-refractivity contribution in [3.8, 4) is 5.75 Å². The summed E-state index contributed by atoms with van der Waals surface area (Å²) >= 11 is 1.46. The minimum Gasteiger partial charge on any atom is -0.435 e. The third kappa shape index (κ3) is 5.06. The predicted molar refractivity (Wildman–Crippen MR) is 72.4 cm³/mol. The third-order valence-electron chi connectivity index (χ3n) is 2.63. The Morgan fingerprint density at radius 1 is 1.37 bits per heavy atom. The molecule has 0 bridgehead atoms. The number of halogens is 2. The summed E-state index contributed by atoms with van der Waals surface area (Å²) in [5.74, 6) is -0.213. The van der Waals surface area contributed by atoms with E-state index in [1.54, 1.807) is 12.1 Å². The number of benzene rings is 1. The molecule has 1 aromatic carbocycles. The SMILES string of the molecule is CC[C@H](S[C@@H](C)c1ccc(OC(F)F)cc1)C(N)=O. The smallest absolute Gasteiger partial charge is 0.387 e. The Balaban J connectivity index is 2.67. The molecule has 0 aliphatic carbocycles. The monoisotopic (exact) mass is 289 g/mol. The van der Waals surface area contributed by atoms with Gasteiger partial charge in [-0.15, -0.1) is 11.8 Å². The summed E-state index contributed by atoms with van der Waals surface area (Å²) in [4.78, 5) is 11.2. The number of primary amides is 1. The molecule has 0 fully saturated rings. The van der Waals surface area contributed by atoms with Gasteiger partial charge in [-0.25, -0.2) is 0 Å². The van der Waals surface area contributed by atoms with E-state index in [1.165, 1.54) is 23.9 Å². The zero-order valence-corrected chi connectivity index (χ0v) is 11.6. The van der Waals surface area contributed by atoms with Gasteiger partial charge in [0, 0.05) is 5.25 Å². The summed E-state index contributed by atoms with van der Waals surface area (Å²) in [5, 5.41) is -0.190. The minimum atomic E-state index is -2.82. The van der Waals surface area contributed by atoms with Crippen molar-refractivity contribution in [2.75, 3.05) is 0 Å². The second kappa shape index (κ2) is 7.33. The molecule has 0 unspecified atom stereocenters. The molecule has 0 saturated heterocycles. The standard InChI is InChI=1S/C13H17F2NO2S/c1-3-11(12(16)17)19-8(2)9-4-6-10(7-5-9)18-13(14)15/h4-8,11,13H,3H2,1-2H3,(H2,16,17)/t8-,11-/m0/s1. The fraction of sp³-hybridized carbons (Fsp3) is 0.462. The average molecular weight is 289 g/mol. The van der Waals surface area contributed by atoms with Crippen molar-refractivity contribution < 1.29 is 18.3 Å². The molecule has 3 nitrogen and oxygen atoms in total. The molecule has 0 saturated carbocycles. The van der Waals surface area contributed by atoms with Crippen molar-refractivity contribution in [3.63, 3.8) is 0 Å². The molecule has 0 aromatic heterocycles. The lowest BCUT2D eigenvalue weighted by molar-refractivity contribution is -0.117. The summed E-state index contributed by atoms with van der Waals surface area (Å²) in [6, 6.07) is 6.40. The number of carbonyl (C=O) groups is 1. The molecule has 0 aliphatic heterocycles. The van der Waals surface area contributed by atoms with E-state index in [0.29, 0.717) is 6.42 Å². The highest BCUT2D eigenvalue weighted by Gasteiger charge is 2.18. The molecular weight excluding hydrogens is 272 g/mol. The van der Waals surface area contributed by atoms with Gasteiger partial charge >= 0.3 is 6.61 Å². The Kier molecular flexibility index (Phi) is 6.08. The van der Waals surface area contributed by atoms with E-state index in [4.69, 9.17) is 5.73 Å². The normalized spacial score (nSPS) is 14.2. The molecular formula is C13H17F2NO2S. The molecule has 2 N–H and O–H groups in total. The maximum Gasteiger partial charge on any atom is 0.387 e. The van der Waals surface area contributed by atoms with Gasteiger partial charge in [-0.05, 0) is 31.0 Å². The van der Waals surface area contributed by atoms with Crippen LogP contribution in [-0.2, 0) is 4.79 Å². The van der Waals surface area contributed by atoms with Crippen LogP contribution in [0.15, 0.2) is 24.3 Å². The van der Waals surface area contributed by atoms with Gasteiger partial charge in [-0.2, -0.15) is 8.78 Å². The van der Waals surface area contributed by atoms with Gasteiger partial charge in [0.15, 0.2) is 0 Å². The number of ether oxygens (including phenoxy) is 1. The number of nitrogens with two attached hydrogens (primary N) is 1. The first-order valence-corrected chi connectivity index (χ1v) is 6.87. The molecule has 0 spiro atoms. The summed E-state index contributed by atoms with van der Waals surface area (Å²) in [6.07, 6.45) is 0.664. The number of rotatable bonds is 7. The van der Waals surface area contributed by atoms with Gasteiger partial charge in [-0.3, -0.25) is 4.79 Å². The zero-order chi connectivity index (χ0) is 14.4. The van der Waals surface area contributed by atoms with Crippen molar-refractivity contribution in [2.24, 2.45) is 5.73 Å². The minimum absolute atomic E-state index is 0.0537. The zero-order valence-electron chi connectivity index (χ0n) is 10.8. The Morgan fingerprint density at radius 2 is 1.95 bits per heavy atom. The van der Waals surface area contributed by atoms with Crippen molar-refractivity contribution in [1.29, 1.82) is 0 Å². The van der Waals surface area contributed by atoms with Crippen LogP contribution < -0.4 is 10.5 Å². The summed E-state index contributed by atoms with van der Waals surface area (Å²) in [6.45, 7) is 1.02.